The number of benzene rings is 1. The fraction of sp³-hybridized carbons (Fsp3) is 0.429. The summed E-state index contributed by atoms with van der Waals surface area (Å²) in [4.78, 5) is 15.8. The summed E-state index contributed by atoms with van der Waals surface area (Å²) in [6, 6.07) is 8.03. The molecule has 4 heterocycles. The van der Waals surface area contributed by atoms with Crippen LogP contribution >= 0.6 is 0 Å². The molecule has 0 radical (unpaired) electrons. The van der Waals surface area contributed by atoms with Gasteiger partial charge in [0.1, 0.15) is 21.5 Å². The van der Waals surface area contributed by atoms with Crippen LogP contribution in [0.15, 0.2) is 49.1 Å². The van der Waals surface area contributed by atoms with Crippen molar-refractivity contribution in [2.24, 2.45) is 5.92 Å². The number of nitrogens with zero attached hydrogens (tertiary/aromatic N) is 6. The Morgan fingerprint density at radius 1 is 1.07 bits per heavy atom. The van der Waals surface area contributed by atoms with E-state index < -0.39 is 19.9 Å². The van der Waals surface area contributed by atoms with Crippen molar-refractivity contribution < 1.29 is 21.6 Å². The van der Waals surface area contributed by atoms with Crippen LogP contribution in [0.4, 0.5) is 17.3 Å². The lowest BCUT2D eigenvalue weighted by atomic mass is 9.88. The van der Waals surface area contributed by atoms with Gasteiger partial charge in [-0.25, -0.2) is 31.8 Å². The van der Waals surface area contributed by atoms with E-state index in [4.69, 9.17) is 4.74 Å². The molecular weight excluding hydrogens is 578 g/mol. The summed E-state index contributed by atoms with van der Waals surface area (Å²) in [5.41, 5.74) is 2.66. The first-order valence-corrected chi connectivity index (χ1v) is 17.3. The van der Waals surface area contributed by atoms with Gasteiger partial charge < -0.3 is 15.0 Å². The van der Waals surface area contributed by atoms with Crippen molar-refractivity contribution in [2.45, 2.75) is 32.7 Å². The molecule has 1 aromatic carbocycles. The molecule has 0 aliphatic carbocycles. The van der Waals surface area contributed by atoms with Gasteiger partial charge in [-0.15, -0.1) is 0 Å². The lowest BCUT2D eigenvalue weighted by molar-refractivity contribution is 0.217. The molecule has 42 heavy (non-hydrogen) atoms. The minimum atomic E-state index is -3.65. The Hall–Kier alpha value is -3.62. The fourth-order valence-electron chi connectivity index (χ4n) is 5.21. The van der Waals surface area contributed by atoms with Crippen molar-refractivity contribution in [2.75, 3.05) is 48.2 Å². The van der Waals surface area contributed by atoms with Crippen LogP contribution in [0, 0.1) is 5.92 Å². The molecule has 3 aromatic heterocycles. The maximum atomic E-state index is 12.4. The van der Waals surface area contributed by atoms with Crippen molar-refractivity contribution in [1.29, 1.82) is 0 Å². The second kappa shape index (κ2) is 11.6. The number of anilines is 3. The Balaban J connectivity index is 1.41. The summed E-state index contributed by atoms with van der Waals surface area (Å²) < 4.78 is 54.3. The zero-order valence-corrected chi connectivity index (χ0v) is 25.9. The van der Waals surface area contributed by atoms with E-state index in [-0.39, 0.29) is 36.0 Å². The van der Waals surface area contributed by atoms with Crippen LogP contribution in [0.25, 0.3) is 22.2 Å². The first-order chi connectivity index (χ1) is 19.9. The normalized spacial score (nSPS) is 17.5. The van der Waals surface area contributed by atoms with E-state index in [9.17, 15) is 16.8 Å². The topological polar surface area (TPSA) is 149 Å². The highest BCUT2D eigenvalue weighted by atomic mass is 32.2. The van der Waals surface area contributed by atoms with Crippen molar-refractivity contribution in [3.05, 3.63) is 54.6 Å². The largest absolute Gasteiger partial charge is 0.384 e. The quantitative estimate of drug-likeness (QED) is 0.265. The van der Waals surface area contributed by atoms with Crippen LogP contribution < -0.4 is 10.2 Å². The zero-order chi connectivity index (χ0) is 30.2. The smallest absolute Gasteiger partial charge is 0.256 e. The van der Waals surface area contributed by atoms with Gasteiger partial charge in [0, 0.05) is 55.3 Å². The standard InChI is InChI=1S/C28H35N7O5S2/c1-18(2)22-6-7-25(34-15-21(19(34)3)17-41(5,36)37)24-14-30-27(12-23(22)24)32-26-8-9-29-28(33-26)20-13-31-35(16-20)42(38,39)11-10-40-4/h6-9,12-14,16,18-19,21H,10-11,15,17H2,1-5H3,(H,29,30,32,33)/t19-,21-/m1/s1. The molecule has 5 rings (SSSR count). The number of sulfone groups is 1. The Bertz CT molecular complexity index is 1820. The van der Waals surface area contributed by atoms with Crippen LogP contribution in [0.5, 0.6) is 0 Å². The van der Waals surface area contributed by atoms with Gasteiger partial charge in [0.15, 0.2) is 5.82 Å². The number of hydrogen-bond acceptors (Lipinski definition) is 11. The maximum absolute atomic E-state index is 12.4. The molecule has 1 fully saturated rings. The predicted molar refractivity (Wildman–Crippen MR) is 163 cm³/mol. The number of fused-ring (bicyclic) bond motifs is 1. The van der Waals surface area contributed by atoms with Gasteiger partial charge in [0.2, 0.25) is 0 Å². The maximum Gasteiger partial charge on any atom is 0.256 e. The molecule has 1 aliphatic rings. The highest BCUT2D eigenvalue weighted by Crippen LogP contribution is 2.39. The molecule has 0 amide bonds. The van der Waals surface area contributed by atoms with Gasteiger partial charge in [-0.1, -0.05) is 19.9 Å². The van der Waals surface area contributed by atoms with Gasteiger partial charge in [-0.05, 0) is 42.0 Å². The molecule has 12 nitrogen and oxygen atoms in total. The van der Waals surface area contributed by atoms with Gasteiger partial charge in [0.25, 0.3) is 10.0 Å². The average Bonchev–Trinajstić information content (AvgIpc) is 3.45. The Morgan fingerprint density at radius 2 is 1.86 bits per heavy atom. The number of pyridine rings is 1. The van der Waals surface area contributed by atoms with Gasteiger partial charge in [-0.3, -0.25) is 0 Å². The molecule has 14 heteroatoms. The fourth-order valence-corrected chi connectivity index (χ4v) is 7.40. The highest BCUT2D eigenvalue weighted by molar-refractivity contribution is 7.90. The number of methoxy groups -OCH3 is 1. The zero-order valence-electron chi connectivity index (χ0n) is 24.2. The summed E-state index contributed by atoms with van der Waals surface area (Å²) in [7, 11) is -5.26. The lowest BCUT2D eigenvalue weighted by Gasteiger charge is -2.48. The van der Waals surface area contributed by atoms with Crippen molar-refractivity contribution in [3.63, 3.8) is 0 Å². The summed E-state index contributed by atoms with van der Waals surface area (Å²) in [5.74, 6) is 1.75. The first-order valence-electron chi connectivity index (χ1n) is 13.6. The Morgan fingerprint density at radius 3 is 2.55 bits per heavy atom. The SMILES string of the molecule is COCCS(=O)(=O)n1cc(-c2nccc(Nc3cc4c(C(C)C)ccc(N5C[C@H](CS(C)(=O)=O)[C@H]5C)c4cn3)n2)cn1. The summed E-state index contributed by atoms with van der Waals surface area (Å²) in [5, 5.41) is 9.28. The van der Waals surface area contributed by atoms with Crippen molar-refractivity contribution in [1.82, 2.24) is 24.1 Å². The average molecular weight is 614 g/mol. The van der Waals surface area contributed by atoms with Crippen LogP contribution in [0.3, 0.4) is 0 Å². The molecule has 0 unspecified atom stereocenters. The molecule has 1 aliphatic heterocycles. The minimum Gasteiger partial charge on any atom is -0.384 e. The number of ether oxygens (including phenoxy) is 1. The molecule has 1 N–H and O–H groups in total. The Kier molecular flexibility index (Phi) is 8.23. The summed E-state index contributed by atoms with van der Waals surface area (Å²) in [6.45, 7) is 7.09. The molecule has 224 valence electrons. The van der Waals surface area contributed by atoms with Crippen LogP contribution in [-0.4, -0.2) is 85.0 Å². The van der Waals surface area contributed by atoms with Crippen LogP contribution in [0.2, 0.25) is 0 Å². The van der Waals surface area contributed by atoms with Gasteiger partial charge in [-0.2, -0.15) is 9.19 Å². The minimum absolute atomic E-state index is 0.0625. The molecule has 0 bridgehead atoms. The summed E-state index contributed by atoms with van der Waals surface area (Å²) in [6.07, 6.45) is 7.50. The molecule has 0 saturated carbocycles. The van der Waals surface area contributed by atoms with E-state index in [2.05, 4.69) is 63.2 Å². The number of hydrogen-bond donors (Lipinski definition) is 1. The molecule has 1 saturated heterocycles. The number of aromatic nitrogens is 5. The van der Waals surface area contributed by atoms with E-state index in [1.165, 1.54) is 31.3 Å². The third-order valence-corrected chi connectivity index (χ3v) is 10.0. The second-order valence-electron chi connectivity index (χ2n) is 11.0. The molecular formula is C28H35N7O5S2. The van der Waals surface area contributed by atoms with E-state index in [0.29, 0.717) is 29.6 Å². The molecule has 2 atom stereocenters. The molecule has 0 spiro atoms. The van der Waals surface area contributed by atoms with Crippen LogP contribution in [-0.2, 0) is 24.6 Å². The van der Waals surface area contributed by atoms with E-state index in [1.54, 1.807) is 12.3 Å². The number of rotatable bonds is 11. The van der Waals surface area contributed by atoms with Gasteiger partial charge >= 0.3 is 0 Å². The van der Waals surface area contributed by atoms with Crippen molar-refractivity contribution in [3.8, 4) is 11.4 Å². The van der Waals surface area contributed by atoms with E-state index in [0.717, 1.165) is 20.5 Å². The number of nitrogens with one attached hydrogen (secondary N) is 1. The lowest BCUT2D eigenvalue weighted by Crippen LogP contribution is -2.57. The second-order valence-corrected chi connectivity index (χ2v) is 15.1. The summed E-state index contributed by atoms with van der Waals surface area (Å²) >= 11 is 0. The monoisotopic (exact) mass is 613 g/mol. The third kappa shape index (κ3) is 6.25. The van der Waals surface area contributed by atoms with E-state index >= 15 is 0 Å². The van der Waals surface area contributed by atoms with E-state index in [1.807, 2.05) is 12.3 Å². The van der Waals surface area contributed by atoms with Crippen molar-refractivity contribution >= 4 is 48.0 Å². The first kappa shape index (κ1) is 29.9. The third-order valence-electron chi connectivity index (χ3n) is 7.53. The predicted octanol–water partition coefficient (Wildman–Crippen LogP) is 3.45. The molecule has 4 aromatic rings. The van der Waals surface area contributed by atoms with Crippen LogP contribution in [0.1, 0.15) is 32.3 Å². The highest BCUT2D eigenvalue weighted by Gasteiger charge is 2.38. The van der Waals surface area contributed by atoms with Gasteiger partial charge in [0.05, 0.1) is 36.1 Å². The Labute approximate surface area is 246 Å².